The number of hydrogen-bond donors (Lipinski definition) is 3. The first-order valence-corrected chi connectivity index (χ1v) is 13.4. The lowest BCUT2D eigenvalue weighted by atomic mass is 10.0. The third-order valence-electron chi connectivity index (χ3n) is 6.87. The fourth-order valence-electron chi connectivity index (χ4n) is 4.71. The second kappa shape index (κ2) is 12.1. The van der Waals surface area contributed by atoms with E-state index in [0.29, 0.717) is 25.1 Å². The second-order valence-corrected chi connectivity index (χ2v) is 10.3. The number of hydrogen-bond acceptors (Lipinski definition) is 5. The molecule has 0 saturated heterocycles. The lowest BCUT2D eigenvalue weighted by Crippen LogP contribution is -2.16. The molecule has 1 aromatic heterocycles. The van der Waals surface area contributed by atoms with Gasteiger partial charge in [-0.1, -0.05) is 36.4 Å². The van der Waals surface area contributed by atoms with Crippen LogP contribution in [0.15, 0.2) is 78.9 Å². The molecule has 1 heterocycles. The first-order valence-electron chi connectivity index (χ1n) is 13.4. The molecule has 1 aliphatic carbocycles. The van der Waals surface area contributed by atoms with Gasteiger partial charge in [-0.2, -0.15) is 18.3 Å². The van der Waals surface area contributed by atoms with Crippen LogP contribution in [0.3, 0.4) is 0 Å². The van der Waals surface area contributed by atoms with Crippen LogP contribution in [-0.2, 0) is 28.9 Å². The third-order valence-corrected chi connectivity index (χ3v) is 6.87. The van der Waals surface area contributed by atoms with E-state index in [-0.39, 0.29) is 23.4 Å². The number of aromatic nitrogens is 2. The summed E-state index contributed by atoms with van der Waals surface area (Å²) in [5.41, 5.74) is 8.47. The molecule has 1 fully saturated rings. The Morgan fingerprint density at radius 2 is 1.71 bits per heavy atom. The number of primary amides is 1. The molecule has 1 atom stereocenters. The van der Waals surface area contributed by atoms with Crippen molar-refractivity contribution in [2.24, 2.45) is 11.7 Å². The summed E-state index contributed by atoms with van der Waals surface area (Å²) in [5, 5.41) is 9.68. The van der Waals surface area contributed by atoms with Crippen molar-refractivity contribution in [1.29, 1.82) is 0 Å². The maximum Gasteiger partial charge on any atom is 0.435 e. The largest absolute Gasteiger partial charge is 0.435 e. The van der Waals surface area contributed by atoms with E-state index in [2.05, 4.69) is 15.7 Å². The molecule has 42 heavy (non-hydrogen) atoms. The van der Waals surface area contributed by atoms with E-state index < -0.39 is 17.8 Å². The van der Waals surface area contributed by atoms with Gasteiger partial charge in [-0.25, -0.2) is 4.68 Å². The van der Waals surface area contributed by atoms with Crippen LogP contribution in [0.5, 0.6) is 0 Å². The van der Waals surface area contributed by atoms with E-state index in [1.807, 2.05) is 54.6 Å². The van der Waals surface area contributed by atoms with Gasteiger partial charge in [0.25, 0.3) is 5.91 Å². The summed E-state index contributed by atoms with van der Waals surface area (Å²) in [5.74, 6) is -0.664. The molecular formula is C31H30F3N5O3. The van der Waals surface area contributed by atoms with E-state index in [9.17, 15) is 22.8 Å². The van der Waals surface area contributed by atoms with E-state index in [0.717, 1.165) is 45.6 Å². The highest BCUT2D eigenvalue weighted by atomic mass is 19.4. The summed E-state index contributed by atoms with van der Waals surface area (Å²) in [4.78, 5) is 23.1. The normalized spacial score (nSPS) is 13.9. The van der Waals surface area contributed by atoms with Crippen LogP contribution in [0.2, 0.25) is 0 Å². The van der Waals surface area contributed by atoms with Crippen molar-refractivity contribution in [2.45, 2.75) is 45.2 Å². The van der Waals surface area contributed by atoms with Crippen LogP contribution in [0.25, 0.3) is 5.69 Å². The number of nitrogens with zero attached hydrogens (tertiary/aromatic N) is 2. The van der Waals surface area contributed by atoms with Crippen LogP contribution in [0.1, 0.15) is 58.7 Å². The molecule has 1 aliphatic rings. The number of rotatable bonds is 11. The fraction of sp³-hybridized carbons (Fsp3) is 0.258. The molecule has 5 rings (SSSR count). The Morgan fingerprint density at radius 1 is 1.00 bits per heavy atom. The molecule has 1 saturated carbocycles. The van der Waals surface area contributed by atoms with Crippen molar-refractivity contribution in [3.63, 3.8) is 0 Å². The van der Waals surface area contributed by atoms with E-state index in [4.69, 9.17) is 10.5 Å². The van der Waals surface area contributed by atoms with Gasteiger partial charge in [-0.05, 0) is 71.8 Å². The van der Waals surface area contributed by atoms with Crippen molar-refractivity contribution in [3.8, 4) is 5.69 Å². The van der Waals surface area contributed by atoms with Gasteiger partial charge in [-0.15, -0.1) is 0 Å². The van der Waals surface area contributed by atoms with Gasteiger partial charge in [0.05, 0.1) is 18.4 Å². The van der Waals surface area contributed by atoms with Gasteiger partial charge in [0.2, 0.25) is 5.91 Å². The van der Waals surface area contributed by atoms with Crippen molar-refractivity contribution >= 4 is 23.2 Å². The van der Waals surface area contributed by atoms with Gasteiger partial charge in [0, 0.05) is 30.9 Å². The minimum atomic E-state index is -4.71. The number of halogens is 3. The Kier molecular flexibility index (Phi) is 8.30. The minimum Gasteiger partial charge on any atom is -0.381 e. The minimum absolute atomic E-state index is 0.0406. The monoisotopic (exact) mass is 577 g/mol. The Bertz CT molecular complexity index is 1580. The summed E-state index contributed by atoms with van der Waals surface area (Å²) in [6, 6.07) is 22.9. The van der Waals surface area contributed by atoms with Crippen LogP contribution in [0, 0.1) is 5.92 Å². The Labute approximate surface area is 240 Å². The molecule has 4 N–H and O–H groups in total. The Hall–Kier alpha value is -4.64. The maximum absolute atomic E-state index is 13.2. The van der Waals surface area contributed by atoms with E-state index in [1.54, 1.807) is 18.2 Å². The number of nitrogens with one attached hydrogen (secondary N) is 2. The molecule has 2 amide bonds. The van der Waals surface area contributed by atoms with Crippen LogP contribution >= 0.6 is 0 Å². The number of nitrogens with two attached hydrogens (primary N) is 1. The quantitative estimate of drug-likeness (QED) is 0.196. The number of carbonyl (C=O) groups excluding carboxylic acids is 2. The number of benzene rings is 3. The van der Waals surface area contributed by atoms with Crippen LogP contribution < -0.4 is 16.4 Å². The van der Waals surface area contributed by atoms with Gasteiger partial charge in [-0.3, -0.25) is 9.59 Å². The van der Waals surface area contributed by atoms with Crippen LogP contribution in [0.4, 0.5) is 24.5 Å². The molecule has 0 radical (unpaired) electrons. The molecule has 218 valence electrons. The number of carbonyl (C=O) groups is 2. The topological polar surface area (TPSA) is 111 Å². The standard InChI is InChI=1S/C31H30F3N5O3/c1-19(40)37-24-12-10-23(11-13-24)29(22-8-9-22)42-18-21-5-2-6-25(14-21)36-17-20-4-3-7-26(15-20)39-27(30(35)41)16-28(38-39)31(32,33)34/h2-7,10-16,22,29,36H,8-9,17-18H2,1H3,(H2,35,41)(H,37,40). The van der Waals surface area contributed by atoms with Gasteiger partial charge in [0.15, 0.2) is 5.69 Å². The lowest BCUT2D eigenvalue weighted by molar-refractivity contribution is -0.141. The van der Waals surface area contributed by atoms with Gasteiger partial charge >= 0.3 is 6.18 Å². The number of alkyl halides is 3. The highest BCUT2D eigenvalue weighted by molar-refractivity contribution is 5.92. The molecule has 0 spiro atoms. The number of ether oxygens (including phenoxy) is 1. The molecule has 0 aliphatic heterocycles. The molecule has 11 heteroatoms. The Balaban J connectivity index is 1.24. The van der Waals surface area contributed by atoms with Gasteiger partial charge in [0.1, 0.15) is 5.69 Å². The second-order valence-electron chi connectivity index (χ2n) is 10.3. The Morgan fingerprint density at radius 3 is 2.38 bits per heavy atom. The summed E-state index contributed by atoms with van der Waals surface area (Å²) in [6.07, 6.45) is -2.53. The van der Waals surface area contributed by atoms with Crippen LogP contribution in [-0.4, -0.2) is 21.6 Å². The lowest BCUT2D eigenvalue weighted by Gasteiger charge is -2.19. The average Bonchev–Trinajstić information content (AvgIpc) is 3.67. The van der Waals surface area contributed by atoms with Crippen molar-refractivity contribution in [1.82, 2.24) is 9.78 Å². The molecule has 4 aromatic rings. The predicted octanol–water partition coefficient (Wildman–Crippen LogP) is 6.23. The summed E-state index contributed by atoms with van der Waals surface area (Å²) < 4.78 is 46.9. The van der Waals surface area contributed by atoms with E-state index >= 15 is 0 Å². The molecule has 8 nitrogen and oxygen atoms in total. The molecular weight excluding hydrogens is 547 g/mol. The maximum atomic E-state index is 13.2. The average molecular weight is 578 g/mol. The summed E-state index contributed by atoms with van der Waals surface area (Å²) in [7, 11) is 0. The SMILES string of the molecule is CC(=O)Nc1ccc(C(OCc2cccc(NCc3cccc(-n4nc(C(F)(F)F)cc4C(N)=O)c3)c2)C2CC2)cc1. The third kappa shape index (κ3) is 7.16. The fourth-order valence-corrected chi connectivity index (χ4v) is 4.71. The summed E-state index contributed by atoms with van der Waals surface area (Å²) in [6.45, 7) is 2.27. The number of amides is 2. The van der Waals surface area contributed by atoms with Gasteiger partial charge < -0.3 is 21.1 Å². The molecule has 3 aromatic carbocycles. The van der Waals surface area contributed by atoms with Crippen molar-refractivity contribution in [3.05, 3.63) is 107 Å². The highest BCUT2D eigenvalue weighted by Crippen LogP contribution is 2.44. The molecule has 0 bridgehead atoms. The smallest absolute Gasteiger partial charge is 0.381 e. The zero-order valence-corrected chi connectivity index (χ0v) is 22.8. The van der Waals surface area contributed by atoms with Crippen molar-refractivity contribution < 1.29 is 27.5 Å². The zero-order chi connectivity index (χ0) is 29.9. The van der Waals surface area contributed by atoms with E-state index in [1.165, 1.54) is 6.92 Å². The first-order chi connectivity index (χ1) is 20.1. The highest BCUT2D eigenvalue weighted by Gasteiger charge is 2.36. The number of anilines is 2. The predicted molar refractivity (Wildman–Crippen MR) is 152 cm³/mol. The molecule has 1 unspecified atom stereocenters. The zero-order valence-electron chi connectivity index (χ0n) is 22.8. The van der Waals surface area contributed by atoms with Crippen molar-refractivity contribution in [2.75, 3.05) is 10.6 Å². The summed E-state index contributed by atoms with van der Waals surface area (Å²) >= 11 is 0. The first kappa shape index (κ1) is 28.9.